The number of carboxylic acid groups (broad SMARTS) is 1. The first-order valence-electron chi connectivity index (χ1n) is 10.1. The maximum absolute atomic E-state index is 13.0. The van der Waals surface area contributed by atoms with Gasteiger partial charge in [0.15, 0.2) is 0 Å². The van der Waals surface area contributed by atoms with Crippen molar-refractivity contribution in [2.75, 3.05) is 5.32 Å². The molecule has 34 heavy (non-hydrogen) atoms. The fourth-order valence-corrected chi connectivity index (χ4v) is 3.95. The Morgan fingerprint density at radius 3 is 2.35 bits per heavy atom. The number of hydrogen-bond donors (Lipinski definition) is 3. The van der Waals surface area contributed by atoms with Crippen molar-refractivity contribution in [3.63, 3.8) is 0 Å². The third kappa shape index (κ3) is 5.18. The molecule has 4 rings (SSSR count). The molecule has 0 aliphatic rings. The smallest absolute Gasteiger partial charge is 0.478 e. The van der Waals surface area contributed by atoms with Crippen LogP contribution >= 0.6 is 11.6 Å². The van der Waals surface area contributed by atoms with Gasteiger partial charge in [0.25, 0.3) is 5.56 Å². The van der Waals surface area contributed by atoms with Gasteiger partial charge >= 0.3 is 41.6 Å². The summed E-state index contributed by atoms with van der Waals surface area (Å²) in [4.78, 5) is 37.0. The first-order chi connectivity index (χ1) is 15.9. The molecule has 2 amide bonds. The number of amides is 2. The average molecular weight is 485 g/mol. The average Bonchev–Trinajstić information content (AvgIpc) is 2.81. The molecule has 0 atom stereocenters. The minimum atomic E-state index is -1.15. The molecule has 1 heterocycles. The summed E-state index contributed by atoms with van der Waals surface area (Å²) < 4.78 is 1.50. The molecule has 0 saturated carbocycles. The Kier molecular flexibility index (Phi) is 8.17. The number of rotatable bonds is 5. The standard InChI is InChI=1S/C25H20ClN3O4.Na/c1-29-21(14-27-25(33)28-20-10-6-5-9-18(20)24(31)32)22(15-7-3-2-4-8-15)19-13-16(26)11-12-17(19)23(29)30;/h2-13H,14H2,1H3,(H,31,32)(H2,27,28,33);/q;+1. The number of carboxylic acids is 1. The molecule has 3 N–H and O–H groups in total. The molecule has 166 valence electrons. The summed E-state index contributed by atoms with van der Waals surface area (Å²) in [6.07, 6.45) is 0. The fraction of sp³-hybridized carbons (Fsp3) is 0.0800. The molecule has 0 spiro atoms. The number of halogens is 1. The number of pyridine rings is 1. The maximum atomic E-state index is 13.0. The molecule has 9 heteroatoms. The van der Waals surface area contributed by atoms with Crippen LogP contribution in [0, 0.1) is 0 Å². The first kappa shape index (κ1) is 25.5. The molecule has 0 fully saturated rings. The Labute approximate surface area is 222 Å². The van der Waals surface area contributed by atoms with Crippen LogP contribution in [-0.4, -0.2) is 21.7 Å². The number of para-hydroxylation sites is 1. The summed E-state index contributed by atoms with van der Waals surface area (Å²) in [5, 5.41) is 16.3. The maximum Gasteiger partial charge on any atom is 1.00 e. The van der Waals surface area contributed by atoms with Crippen LogP contribution in [0.4, 0.5) is 10.5 Å². The van der Waals surface area contributed by atoms with Crippen LogP contribution in [0.1, 0.15) is 16.1 Å². The Hall–Kier alpha value is -3.10. The number of aromatic nitrogens is 1. The zero-order valence-corrected chi connectivity index (χ0v) is 21.4. The van der Waals surface area contributed by atoms with Crippen molar-refractivity contribution in [1.82, 2.24) is 9.88 Å². The monoisotopic (exact) mass is 484 g/mol. The first-order valence-corrected chi connectivity index (χ1v) is 10.5. The van der Waals surface area contributed by atoms with Gasteiger partial charge in [0, 0.05) is 28.7 Å². The van der Waals surface area contributed by atoms with Crippen molar-refractivity contribution in [3.8, 4) is 11.1 Å². The summed E-state index contributed by atoms with van der Waals surface area (Å²) in [7, 11) is 1.65. The molecule has 0 unspecified atom stereocenters. The van der Waals surface area contributed by atoms with Crippen molar-refractivity contribution in [3.05, 3.63) is 99.4 Å². The molecule has 0 aliphatic heterocycles. The van der Waals surface area contributed by atoms with Gasteiger partial charge in [-0.1, -0.05) is 54.1 Å². The molecule has 7 nitrogen and oxygen atoms in total. The fourth-order valence-electron chi connectivity index (χ4n) is 3.78. The van der Waals surface area contributed by atoms with Crippen molar-refractivity contribution in [1.29, 1.82) is 0 Å². The van der Waals surface area contributed by atoms with Crippen LogP contribution in [0.2, 0.25) is 5.02 Å². The van der Waals surface area contributed by atoms with E-state index in [1.165, 1.54) is 16.7 Å². The predicted octanol–water partition coefficient (Wildman–Crippen LogP) is 1.88. The van der Waals surface area contributed by atoms with Crippen LogP contribution in [0.25, 0.3) is 21.9 Å². The molecule has 0 radical (unpaired) electrons. The quantitative estimate of drug-likeness (QED) is 0.377. The van der Waals surface area contributed by atoms with Crippen LogP contribution < -0.4 is 45.8 Å². The summed E-state index contributed by atoms with van der Waals surface area (Å²) >= 11 is 6.24. The van der Waals surface area contributed by atoms with Crippen LogP contribution in [-0.2, 0) is 13.6 Å². The van der Waals surface area contributed by atoms with Gasteiger partial charge in [-0.05, 0) is 41.3 Å². The molecule has 4 aromatic rings. The topological polar surface area (TPSA) is 100 Å². The Balaban J connectivity index is 0.00000324. The zero-order valence-electron chi connectivity index (χ0n) is 18.6. The van der Waals surface area contributed by atoms with Gasteiger partial charge in [-0.25, -0.2) is 9.59 Å². The normalized spacial score (nSPS) is 10.4. The number of fused-ring (bicyclic) bond motifs is 1. The van der Waals surface area contributed by atoms with Gasteiger partial charge in [-0.2, -0.15) is 0 Å². The number of hydrogen-bond acceptors (Lipinski definition) is 3. The number of anilines is 1. The van der Waals surface area contributed by atoms with Crippen LogP contribution in [0.5, 0.6) is 0 Å². The summed E-state index contributed by atoms with van der Waals surface area (Å²) in [5.41, 5.74) is 2.17. The molecule has 0 aliphatic carbocycles. The van der Waals surface area contributed by atoms with E-state index in [-0.39, 0.29) is 52.9 Å². The van der Waals surface area contributed by atoms with Gasteiger partial charge in [0.1, 0.15) is 0 Å². The Bertz CT molecular complexity index is 1440. The van der Waals surface area contributed by atoms with Gasteiger partial charge in [-0.15, -0.1) is 0 Å². The van der Waals surface area contributed by atoms with Crippen LogP contribution in [0.3, 0.4) is 0 Å². The second kappa shape index (κ2) is 10.9. The number of carbonyl (C=O) groups is 2. The van der Waals surface area contributed by atoms with E-state index in [0.717, 1.165) is 11.1 Å². The van der Waals surface area contributed by atoms with E-state index in [1.807, 2.05) is 30.3 Å². The van der Waals surface area contributed by atoms with Crippen LogP contribution in [0.15, 0.2) is 77.6 Å². The predicted molar refractivity (Wildman–Crippen MR) is 129 cm³/mol. The van der Waals surface area contributed by atoms with E-state index >= 15 is 0 Å². The number of aromatic carboxylic acids is 1. The van der Waals surface area contributed by atoms with E-state index < -0.39 is 12.0 Å². The minimum absolute atomic E-state index is 0. The molecule has 0 bridgehead atoms. The summed E-state index contributed by atoms with van der Waals surface area (Å²) in [6.45, 7) is 0.0273. The Morgan fingerprint density at radius 2 is 1.65 bits per heavy atom. The SMILES string of the molecule is Cn1c(CNC(=O)Nc2ccccc2C(=O)O)c(-c2ccccc2)c2cc(Cl)ccc2c1=O.[Na+]. The molecule has 3 aromatic carbocycles. The van der Waals surface area contributed by atoms with Gasteiger partial charge < -0.3 is 20.3 Å². The van der Waals surface area contributed by atoms with Crippen molar-refractivity contribution in [2.45, 2.75) is 6.54 Å². The molecule has 0 saturated heterocycles. The second-order valence-electron chi connectivity index (χ2n) is 7.40. The largest absolute Gasteiger partial charge is 1.00 e. The Morgan fingerprint density at radius 1 is 0.971 bits per heavy atom. The van der Waals surface area contributed by atoms with E-state index in [1.54, 1.807) is 37.4 Å². The molecular formula is C25H20ClN3NaO4+. The number of nitrogens with one attached hydrogen (secondary N) is 2. The number of urea groups is 1. The third-order valence-electron chi connectivity index (χ3n) is 5.36. The van der Waals surface area contributed by atoms with Crippen molar-refractivity contribution >= 4 is 40.1 Å². The number of carbonyl (C=O) groups excluding carboxylic acids is 1. The molecular weight excluding hydrogens is 465 g/mol. The summed E-state index contributed by atoms with van der Waals surface area (Å²) in [6, 6.07) is 20.2. The van der Waals surface area contributed by atoms with E-state index in [4.69, 9.17) is 11.6 Å². The van der Waals surface area contributed by atoms with Gasteiger partial charge in [0.05, 0.1) is 17.8 Å². The number of nitrogens with zero attached hydrogens (tertiary/aromatic N) is 1. The van der Waals surface area contributed by atoms with E-state index in [2.05, 4.69) is 10.6 Å². The summed E-state index contributed by atoms with van der Waals surface area (Å²) in [5.74, 6) is -1.15. The third-order valence-corrected chi connectivity index (χ3v) is 5.60. The second-order valence-corrected chi connectivity index (χ2v) is 7.84. The van der Waals surface area contributed by atoms with Gasteiger partial charge in [0.2, 0.25) is 0 Å². The van der Waals surface area contributed by atoms with E-state index in [0.29, 0.717) is 21.5 Å². The van der Waals surface area contributed by atoms with Crippen molar-refractivity contribution < 1.29 is 44.3 Å². The van der Waals surface area contributed by atoms with E-state index in [9.17, 15) is 19.5 Å². The van der Waals surface area contributed by atoms with Crippen molar-refractivity contribution in [2.24, 2.45) is 7.05 Å². The number of benzene rings is 3. The zero-order chi connectivity index (χ0) is 23.5. The molecule has 1 aromatic heterocycles. The minimum Gasteiger partial charge on any atom is -0.478 e. The van der Waals surface area contributed by atoms with Gasteiger partial charge in [-0.3, -0.25) is 4.79 Å².